The average Bonchev–Trinajstić information content (AvgIpc) is 2.55. The van der Waals surface area contributed by atoms with E-state index in [0.717, 1.165) is 9.99 Å². The van der Waals surface area contributed by atoms with Gasteiger partial charge in [0.15, 0.2) is 0 Å². The van der Waals surface area contributed by atoms with Gasteiger partial charge in [-0.1, -0.05) is 49.8 Å². The van der Waals surface area contributed by atoms with E-state index < -0.39 is 8.07 Å². The fourth-order valence-corrected chi connectivity index (χ4v) is 4.44. The molecular formula is C14H21BrN2Si. The average molecular weight is 325 g/mol. The summed E-state index contributed by atoms with van der Waals surface area (Å²) in [7, 11) is 0.547. The van der Waals surface area contributed by atoms with Gasteiger partial charge in [-0.2, -0.15) is 0 Å². The second-order valence-corrected chi connectivity index (χ2v) is 12.6. The van der Waals surface area contributed by atoms with Crippen LogP contribution in [0.1, 0.15) is 20.8 Å². The molecule has 4 heteroatoms. The van der Waals surface area contributed by atoms with E-state index in [-0.39, 0.29) is 0 Å². The molecule has 0 amide bonds. The predicted octanol–water partition coefficient (Wildman–Crippen LogP) is 4.05. The molecule has 0 N–H and O–H groups in total. The second kappa shape index (κ2) is 4.20. The van der Waals surface area contributed by atoms with Crippen LogP contribution in [0, 0.1) is 0 Å². The van der Waals surface area contributed by atoms with Gasteiger partial charge < -0.3 is 4.57 Å². The third-order valence-electron chi connectivity index (χ3n) is 4.28. The molecule has 0 aliphatic heterocycles. The Hall–Kier alpha value is -0.613. The van der Waals surface area contributed by atoms with Crippen molar-refractivity contribution in [3.05, 3.63) is 22.7 Å². The van der Waals surface area contributed by atoms with Crippen molar-refractivity contribution in [3.8, 4) is 0 Å². The standard InChI is InChI=1S/C14H21BrN2Si/c1-14(2,3)18(5,6)13-16-11-8-7-10(15)9-12(11)17(13)4/h7-9H,1-6H3. The van der Waals surface area contributed by atoms with Crippen LogP contribution in [0.15, 0.2) is 22.7 Å². The van der Waals surface area contributed by atoms with Gasteiger partial charge in [-0.3, -0.25) is 0 Å². The molecule has 0 atom stereocenters. The van der Waals surface area contributed by atoms with Crippen LogP contribution in [-0.4, -0.2) is 17.6 Å². The molecule has 1 aromatic carbocycles. The second-order valence-electron chi connectivity index (χ2n) is 6.50. The van der Waals surface area contributed by atoms with Crippen molar-refractivity contribution < 1.29 is 0 Å². The molecule has 1 aromatic heterocycles. The van der Waals surface area contributed by atoms with Crippen LogP contribution >= 0.6 is 15.9 Å². The maximum Gasteiger partial charge on any atom is 0.131 e. The van der Waals surface area contributed by atoms with Gasteiger partial charge in [-0.15, -0.1) is 0 Å². The van der Waals surface area contributed by atoms with E-state index in [1.807, 2.05) is 0 Å². The van der Waals surface area contributed by atoms with Crippen molar-refractivity contribution in [2.24, 2.45) is 7.05 Å². The summed E-state index contributed by atoms with van der Waals surface area (Å²) in [4.78, 5) is 4.90. The zero-order chi connectivity index (χ0) is 13.7. The highest BCUT2D eigenvalue weighted by Crippen LogP contribution is 2.35. The van der Waals surface area contributed by atoms with E-state index in [0.29, 0.717) is 5.04 Å². The van der Waals surface area contributed by atoms with Gasteiger partial charge in [-0.25, -0.2) is 4.98 Å². The summed E-state index contributed by atoms with van der Waals surface area (Å²) in [6.45, 7) is 11.8. The molecule has 0 bridgehead atoms. The van der Waals surface area contributed by atoms with Gasteiger partial charge in [0.1, 0.15) is 8.07 Å². The van der Waals surface area contributed by atoms with Gasteiger partial charge in [0, 0.05) is 11.5 Å². The molecule has 98 valence electrons. The first-order chi connectivity index (χ1) is 8.14. The molecule has 2 nitrogen and oxygen atoms in total. The molecule has 18 heavy (non-hydrogen) atoms. The van der Waals surface area contributed by atoms with Gasteiger partial charge in [0.2, 0.25) is 0 Å². The van der Waals surface area contributed by atoms with E-state index >= 15 is 0 Å². The zero-order valence-corrected chi connectivity index (χ0v) is 14.6. The van der Waals surface area contributed by atoms with Gasteiger partial charge in [0.25, 0.3) is 0 Å². The van der Waals surface area contributed by atoms with Crippen LogP contribution in [-0.2, 0) is 7.05 Å². The third-order valence-corrected chi connectivity index (χ3v) is 10.1. The lowest BCUT2D eigenvalue weighted by Gasteiger charge is -2.35. The number of imidazole rings is 1. The molecule has 0 aliphatic carbocycles. The van der Waals surface area contributed by atoms with E-state index in [9.17, 15) is 0 Å². The number of fused-ring (bicyclic) bond motifs is 1. The number of rotatable bonds is 1. The lowest BCUT2D eigenvalue weighted by molar-refractivity contribution is 0.723. The number of hydrogen-bond acceptors (Lipinski definition) is 1. The Balaban J connectivity index is 2.70. The van der Waals surface area contributed by atoms with Gasteiger partial charge in [0.05, 0.1) is 16.5 Å². The zero-order valence-electron chi connectivity index (χ0n) is 12.0. The van der Waals surface area contributed by atoms with Crippen molar-refractivity contribution >= 4 is 40.5 Å². The highest BCUT2D eigenvalue weighted by molar-refractivity contribution is 9.10. The quantitative estimate of drug-likeness (QED) is 0.723. The molecule has 0 unspecified atom stereocenters. The smallest absolute Gasteiger partial charge is 0.131 e. The highest BCUT2D eigenvalue weighted by atomic mass is 79.9. The summed E-state index contributed by atoms with van der Waals surface area (Å²) in [5.41, 5.74) is 3.59. The number of aryl methyl sites for hydroxylation is 1. The van der Waals surface area contributed by atoms with Crippen LogP contribution in [0.4, 0.5) is 0 Å². The molecule has 0 spiro atoms. The van der Waals surface area contributed by atoms with Crippen molar-refractivity contribution in [2.45, 2.75) is 38.9 Å². The Bertz CT molecular complexity index is 594. The van der Waals surface area contributed by atoms with Gasteiger partial charge >= 0.3 is 0 Å². The Kier molecular flexibility index (Phi) is 3.22. The normalized spacial score (nSPS) is 13.3. The highest BCUT2D eigenvalue weighted by Gasteiger charge is 2.40. The molecule has 0 radical (unpaired) electrons. The molecule has 0 fully saturated rings. The minimum atomic E-state index is -1.59. The number of nitrogens with zero attached hydrogens (tertiary/aromatic N) is 2. The van der Waals surface area contributed by atoms with Crippen LogP contribution < -0.4 is 5.45 Å². The largest absolute Gasteiger partial charge is 0.335 e. The summed E-state index contributed by atoms with van der Waals surface area (Å²) < 4.78 is 3.39. The van der Waals surface area contributed by atoms with Crippen molar-refractivity contribution in [1.29, 1.82) is 0 Å². The molecule has 0 saturated carbocycles. The molecule has 2 aromatic rings. The molecular weight excluding hydrogens is 304 g/mol. The van der Waals surface area contributed by atoms with Crippen LogP contribution in [0.25, 0.3) is 11.0 Å². The number of hydrogen-bond donors (Lipinski definition) is 0. The SMILES string of the molecule is Cn1c([Si](C)(C)C(C)(C)C)nc2ccc(Br)cc21. The first-order valence-electron chi connectivity index (χ1n) is 6.27. The van der Waals surface area contributed by atoms with Crippen LogP contribution in [0.3, 0.4) is 0 Å². The Morgan fingerprint density at radius 1 is 1.22 bits per heavy atom. The summed E-state index contributed by atoms with van der Waals surface area (Å²) in [5.74, 6) is 0. The molecule has 0 aliphatic rings. The third kappa shape index (κ3) is 2.05. The van der Waals surface area contributed by atoms with Crippen molar-refractivity contribution in [1.82, 2.24) is 9.55 Å². The molecule has 0 saturated heterocycles. The maximum atomic E-state index is 4.90. The Morgan fingerprint density at radius 3 is 2.39 bits per heavy atom. The maximum absolute atomic E-state index is 4.90. The predicted molar refractivity (Wildman–Crippen MR) is 85.2 cm³/mol. The monoisotopic (exact) mass is 324 g/mol. The van der Waals surface area contributed by atoms with Crippen LogP contribution in [0.2, 0.25) is 18.1 Å². The lowest BCUT2D eigenvalue weighted by atomic mass is 10.2. The number of benzene rings is 1. The van der Waals surface area contributed by atoms with Crippen molar-refractivity contribution in [3.63, 3.8) is 0 Å². The van der Waals surface area contributed by atoms with E-state index in [1.165, 1.54) is 11.0 Å². The molecule has 2 rings (SSSR count). The summed E-state index contributed by atoms with van der Waals surface area (Å²) in [5, 5.41) is 0.305. The Labute approximate surface area is 119 Å². The fourth-order valence-electron chi connectivity index (χ4n) is 2.06. The number of halogens is 1. The minimum Gasteiger partial charge on any atom is -0.335 e. The topological polar surface area (TPSA) is 17.8 Å². The Morgan fingerprint density at radius 2 is 1.83 bits per heavy atom. The van der Waals surface area contributed by atoms with E-state index in [4.69, 9.17) is 4.98 Å². The molecule has 1 heterocycles. The van der Waals surface area contributed by atoms with Crippen LogP contribution in [0.5, 0.6) is 0 Å². The number of aromatic nitrogens is 2. The first kappa shape index (κ1) is 13.8. The lowest BCUT2D eigenvalue weighted by Crippen LogP contribution is -2.53. The summed E-state index contributed by atoms with van der Waals surface area (Å²) >= 11 is 3.54. The summed E-state index contributed by atoms with van der Waals surface area (Å²) in [6, 6.07) is 6.31. The fraction of sp³-hybridized carbons (Fsp3) is 0.500. The van der Waals surface area contributed by atoms with E-state index in [2.05, 4.69) is 79.6 Å². The van der Waals surface area contributed by atoms with Crippen molar-refractivity contribution in [2.75, 3.05) is 0 Å². The van der Waals surface area contributed by atoms with Gasteiger partial charge in [-0.05, 0) is 23.2 Å². The summed E-state index contributed by atoms with van der Waals surface area (Å²) in [6.07, 6.45) is 0. The van der Waals surface area contributed by atoms with E-state index in [1.54, 1.807) is 0 Å². The first-order valence-corrected chi connectivity index (χ1v) is 10.1. The minimum absolute atomic E-state index is 0.305.